The molecule has 3 aliphatic rings. The van der Waals surface area contributed by atoms with Crippen molar-refractivity contribution in [2.24, 2.45) is 5.92 Å². The van der Waals surface area contributed by atoms with Crippen LogP contribution < -0.4 is 0 Å². The lowest BCUT2D eigenvalue weighted by molar-refractivity contribution is -0.00316. The zero-order chi connectivity index (χ0) is 22.4. The summed E-state index contributed by atoms with van der Waals surface area (Å²) in [6.45, 7) is 11.0. The molecule has 0 N–H and O–H groups in total. The van der Waals surface area contributed by atoms with Gasteiger partial charge in [-0.3, -0.25) is 9.80 Å². The van der Waals surface area contributed by atoms with Crippen molar-refractivity contribution < 1.29 is 13.2 Å². The number of piperazine rings is 1. The van der Waals surface area contributed by atoms with Crippen LogP contribution in [0.3, 0.4) is 0 Å². The summed E-state index contributed by atoms with van der Waals surface area (Å²) >= 11 is 0. The van der Waals surface area contributed by atoms with E-state index in [1.54, 1.807) is 12.1 Å². The van der Waals surface area contributed by atoms with Gasteiger partial charge in [0, 0.05) is 58.2 Å². The lowest BCUT2D eigenvalue weighted by Crippen LogP contribution is -2.56. The van der Waals surface area contributed by atoms with Crippen LogP contribution in [0.15, 0.2) is 29.2 Å². The molecular formula is C25H41N3O3S. The van der Waals surface area contributed by atoms with Crippen LogP contribution in [0.4, 0.5) is 0 Å². The zero-order valence-corrected chi connectivity index (χ0v) is 20.6. The summed E-state index contributed by atoms with van der Waals surface area (Å²) < 4.78 is 29.4. The van der Waals surface area contributed by atoms with Crippen LogP contribution in [0.5, 0.6) is 0 Å². The Morgan fingerprint density at radius 3 is 2.47 bits per heavy atom. The van der Waals surface area contributed by atoms with Gasteiger partial charge < -0.3 is 9.64 Å². The molecule has 1 aromatic carbocycles. The summed E-state index contributed by atoms with van der Waals surface area (Å²) in [6.07, 6.45) is 9.09. The van der Waals surface area contributed by atoms with Crippen LogP contribution in [-0.2, 0) is 21.1 Å². The first kappa shape index (κ1) is 24.1. The molecule has 0 aromatic heterocycles. The van der Waals surface area contributed by atoms with Crippen molar-refractivity contribution in [3.63, 3.8) is 0 Å². The standard InChI is InChI=1S/C25H41N3O3S/c1-32(29,30)25-10-7-22(8-11-25)18-27-15-16-28-19-23(6-9-24(28)20-27)21-31-17-5-14-26-12-3-2-4-13-26/h7-8,10-11,23-24H,2-6,9,12-21H2,1H3/t23-,24-/m0/s1. The smallest absolute Gasteiger partial charge is 0.175 e. The fourth-order valence-electron chi connectivity index (χ4n) is 5.53. The van der Waals surface area contributed by atoms with Gasteiger partial charge in [-0.2, -0.15) is 0 Å². The second-order valence-corrected chi connectivity index (χ2v) is 12.1. The van der Waals surface area contributed by atoms with E-state index in [9.17, 15) is 8.42 Å². The summed E-state index contributed by atoms with van der Waals surface area (Å²) in [5.74, 6) is 0.677. The van der Waals surface area contributed by atoms with Gasteiger partial charge in [-0.1, -0.05) is 18.6 Å². The molecule has 4 rings (SSSR count). The number of ether oxygens (including phenoxy) is 1. The highest BCUT2D eigenvalue weighted by molar-refractivity contribution is 7.90. The number of benzene rings is 1. The molecule has 3 fully saturated rings. The Kier molecular flexibility index (Phi) is 8.62. The SMILES string of the molecule is CS(=O)(=O)c1ccc(CN2CCN3C[C@@H](COCCCN4CCCCC4)CC[C@H]3C2)cc1. The van der Waals surface area contributed by atoms with Crippen LogP contribution in [-0.4, -0.2) is 94.4 Å². The number of fused-ring (bicyclic) bond motifs is 1. The summed E-state index contributed by atoms with van der Waals surface area (Å²) in [5, 5.41) is 0. The Balaban J connectivity index is 1.13. The number of piperidine rings is 2. The fraction of sp³-hybridized carbons (Fsp3) is 0.760. The normalized spacial score (nSPS) is 26.2. The molecule has 0 saturated carbocycles. The zero-order valence-electron chi connectivity index (χ0n) is 19.8. The summed E-state index contributed by atoms with van der Waals surface area (Å²) in [6, 6.07) is 8.04. The Bertz CT molecular complexity index is 808. The fourth-order valence-corrected chi connectivity index (χ4v) is 6.16. The topological polar surface area (TPSA) is 53.1 Å². The van der Waals surface area contributed by atoms with Crippen molar-refractivity contribution in [3.05, 3.63) is 29.8 Å². The first-order valence-corrected chi connectivity index (χ1v) is 14.4. The minimum atomic E-state index is -3.12. The second kappa shape index (κ2) is 11.4. The van der Waals surface area contributed by atoms with E-state index in [1.807, 2.05) is 12.1 Å². The molecule has 3 aliphatic heterocycles. The Morgan fingerprint density at radius 1 is 0.938 bits per heavy atom. The Morgan fingerprint density at radius 2 is 1.72 bits per heavy atom. The molecule has 3 heterocycles. The number of hydrogen-bond acceptors (Lipinski definition) is 6. The third-order valence-corrected chi connectivity index (χ3v) is 8.54. The average Bonchev–Trinajstić information content (AvgIpc) is 2.79. The maximum Gasteiger partial charge on any atom is 0.175 e. The molecule has 6 nitrogen and oxygen atoms in total. The van der Waals surface area contributed by atoms with Gasteiger partial charge in [-0.05, 0) is 68.8 Å². The highest BCUT2D eigenvalue weighted by Crippen LogP contribution is 2.26. The average molecular weight is 464 g/mol. The van der Waals surface area contributed by atoms with Crippen molar-refractivity contribution in [1.82, 2.24) is 14.7 Å². The van der Waals surface area contributed by atoms with Gasteiger partial charge in [0.25, 0.3) is 0 Å². The van der Waals surface area contributed by atoms with E-state index in [1.165, 1.54) is 76.5 Å². The van der Waals surface area contributed by atoms with Gasteiger partial charge in [0.15, 0.2) is 9.84 Å². The van der Waals surface area contributed by atoms with Crippen LogP contribution in [0.1, 0.15) is 44.1 Å². The van der Waals surface area contributed by atoms with Crippen LogP contribution in [0.25, 0.3) is 0 Å². The third-order valence-electron chi connectivity index (χ3n) is 7.41. The van der Waals surface area contributed by atoms with E-state index in [0.29, 0.717) is 16.9 Å². The maximum absolute atomic E-state index is 11.7. The minimum absolute atomic E-state index is 0.401. The number of sulfone groups is 1. The molecule has 0 radical (unpaired) electrons. The van der Waals surface area contributed by atoms with Crippen molar-refractivity contribution in [2.45, 2.75) is 56.0 Å². The second-order valence-electron chi connectivity index (χ2n) is 10.1. The largest absolute Gasteiger partial charge is 0.381 e. The number of rotatable bonds is 9. The Hall–Kier alpha value is -0.990. The highest BCUT2D eigenvalue weighted by atomic mass is 32.2. The lowest BCUT2D eigenvalue weighted by Gasteiger charge is -2.46. The van der Waals surface area contributed by atoms with Gasteiger partial charge in [-0.25, -0.2) is 8.42 Å². The Labute approximate surface area is 194 Å². The molecule has 0 amide bonds. The van der Waals surface area contributed by atoms with Crippen LogP contribution >= 0.6 is 0 Å². The van der Waals surface area contributed by atoms with Gasteiger partial charge in [0.2, 0.25) is 0 Å². The van der Waals surface area contributed by atoms with Crippen LogP contribution in [0, 0.1) is 5.92 Å². The number of nitrogens with zero attached hydrogens (tertiary/aromatic N) is 3. The molecule has 3 saturated heterocycles. The van der Waals surface area contributed by atoms with Gasteiger partial charge in [0.05, 0.1) is 11.5 Å². The monoisotopic (exact) mass is 463 g/mol. The molecule has 2 atom stereocenters. The van der Waals surface area contributed by atoms with E-state index in [-0.39, 0.29) is 0 Å². The first-order valence-electron chi connectivity index (χ1n) is 12.5. The van der Waals surface area contributed by atoms with E-state index < -0.39 is 9.84 Å². The summed E-state index contributed by atoms with van der Waals surface area (Å²) in [4.78, 5) is 8.19. The van der Waals surface area contributed by atoms with Crippen molar-refractivity contribution in [2.75, 3.05) is 65.3 Å². The summed E-state index contributed by atoms with van der Waals surface area (Å²) in [5.41, 5.74) is 1.19. The van der Waals surface area contributed by atoms with E-state index in [4.69, 9.17) is 4.74 Å². The van der Waals surface area contributed by atoms with Gasteiger partial charge in [-0.15, -0.1) is 0 Å². The third kappa shape index (κ3) is 7.00. The molecule has 0 spiro atoms. The maximum atomic E-state index is 11.7. The minimum Gasteiger partial charge on any atom is -0.381 e. The summed E-state index contributed by atoms with van der Waals surface area (Å²) in [7, 11) is -3.12. The van der Waals surface area contributed by atoms with Crippen molar-refractivity contribution in [3.8, 4) is 0 Å². The predicted molar refractivity (Wildman–Crippen MR) is 129 cm³/mol. The van der Waals surface area contributed by atoms with Crippen molar-refractivity contribution >= 4 is 9.84 Å². The molecule has 0 bridgehead atoms. The molecule has 7 heteroatoms. The molecule has 180 valence electrons. The highest BCUT2D eigenvalue weighted by Gasteiger charge is 2.32. The van der Waals surface area contributed by atoms with Gasteiger partial charge in [0.1, 0.15) is 0 Å². The quantitative estimate of drug-likeness (QED) is 0.525. The van der Waals surface area contributed by atoms with E-state index in [2.05, 4.69) is 14.7 Å². The predicted octanol–water partition coefficient (Wildman–Crippen LogP) is 2.88. The molecule has 0 aliphatic carbocycles. The molecule has 0 unspecified atom stereocenters. The lowest BCUT2D eigenvalue weighted by atomic mass is 9.91. The molecule has 1 aromatic rings. The first-order chi connectivity index (χ1) is 15.5. The molecular weight excluding hydrogens is 422 g/mol. The van der Waals surface area contributed by atoms with Crippen LogP contribution in [0.2, 0.25) is 0 Å². The van der Waals surface area contributed by atoms with E-state index >= 15 is 0 Å². The van der Waals surface area contributed by atoms with Gasteiger partial charge >= 0.3 is 0 Å². The number of hydrogen-bond donors (Lipinski definition) is 0. The van der Waals surface area contributed by atoms with Crippen molar-refractivity contribution in [1.29, 1.82) is 0 Å². The number of likely N-dealkylation sites (tertiary alicyclic amines) is 1. The van der Waals surface area contributed by atoms with E-state index in [0.717, 1.165) is 39.4 Å². The molecule has 32 heavy (non-hydrogen) atoms.